The molecule has 8 heteroatoms. The highest BCUT2D eigenvalue weighted by Crippen LogP contribution is 2.37. The number of benzene rings is 1. The van der Waals surface area contributed by atoms with E-state index in [-0.39, 0.29) is 13.2 Å². The standard InChI is InChI=1S/C20H29BN2O5/c1-18(2,3)26-17(24)23-10-11-25-16-12-14(13-22)8-9-15(16)21-27-19(4,5)20(6,7)28-21/h8-9,12H,10-11H2,1-7H3,(H,23,24). The fourth-order valence-corrected chi connectivity index (χ4v) is 2.52. The molecule has 0 spiro atoms. The zero-order chi connectivity index (χ0) is 21.2. The van der Waals surface area contributed by atoms with Gasteiger partial charge in [0.2, 0.25) is 0 Å². The van der Waals surface area contributed by atoms with Crippen LogP contribution in [0.15, 0.2) is 18.2 Å². The SMILES string of the molecule is CC(C)(C)OC(=O)NCCOc1cc(C#N)ccc1B1OC(C)(C)C(C)(C)O1. The van der Waals surface area contributed by atoms with Crippen LogP contribution in [-0.4, -0.2) is 43.2 Å². The van der Waals surface area contributed by atoms with Crippen molar-refractivity contribution in [3.63, 3.8) is 0 Å². The van der Waals surface area contributed by atoms with E-state index in [0.717, 1.165) is 0 Å². The second-order valence-electron chi connectivity index (χ2n) is 8.73. The number of nitrogens with zero attached hydrogens (tertiary/aromatic N) is 1. The predicted molar refractivity (Wildman–Crippen MR) is 107 cm³/mol. The van der Waals surface area contributed by atoms with Crippen LogP contribution in [0.5, 0.6) is 5.75 Å². The Kier molecular flexibility index (Phi) is 6.32. The minimum Gasteiger partial charge on any atom is -0.492 e. The second-order valence-corrected chi connectivity index (χ2v) is 8.73. The summed E-state index contributed by atoms with van der Waals surface area (Å²) in [6.07, 6.45) is -0.506. The number of nitrogens with one attached hydrogen (secondary N) is 1. The lowest BCUT2D eigenvalue weighted by atomic mass is 9.78. The minimum absolute atomic E-state index is 0.209. The van der Waals surface area contributed by atoms with Gasteiger partial charge in [-0.15, -0.1) is 0 Å². The molecule has 0 saturated carbocycles. The Bertz CT molecular complexity index is 749. The first kappa shape index (κ1) is 22.1. The smallest absolute Gasteiger partial charge is 0.492 e. The van der Waals surface area contributed by atoms with Gasteiger partial charge in [-0.3, -0.25) is 0 Å². The lowest BCUT2D eigenvalue weighted by Gasteiger charge is -2.32. The van der Waals surface area contributed by atoms with Gasteiger partial charge in [0.05, 0.1) is 29.4 Å². The molecule has 1 N–H and O–H groups in total. The molecule has 0 bridgehead atoms. The van der Waals surface area contributed by atoms with E-state index < -0.39 is 30.0 Å². The number of carbonyl (C=O) groups is 1. The summed E-state index contributed by atoms with van der Waals surface area (Å²) in [4.78, 5) is 11.7. The van der Waals surface area contributed by atoms with Crippen molar-refractivity contribution in [1.82, 2.24) is 5.32 Å². The normalized spacial score (nSPS) is 17.7. The van der Waals surface area contributed by atoms with Crippen molar-refractivity contribution in [3.8, 4) is 11.8 Å². The van der Waals surface area contributed by atoms with Gasteiger partial charge in [0, 0.05) is 5.46 Å². The fraction of sp³-hybridized carbons (Fsp3) is 0.600. The molecule has 1 fully saturated rings. The van der Waals surface area contributed by atoms with Crippen molar-refractivity contribution >= 4 is 18.7 Å². The van der Waals surface area contributed by atoms with Crippen molar-refractivity contribution in [2.75, 3.05) is 13.2 Å². The first-order chi connectivity index (χ1) is 12.8. The van der Waals surface area contributed by atoms with E-state index in [1.807, 2.05) is 27.7 Å². The summed E-state index contributed by atoms with van der Waals surface area (Å²) < 4.78 is 23.2. The van der Waals surface area contributed by atoms with Crippen molar-refractivity contribution in [2.24, 2.45) is 0 Å². The number of amides is 1. The van der Waals surface area contributed by atoms with Gasteiger partial charge in [-0.05, 0) is 60.6 Å². The number of rotatable bonds is 5. The van der Waals surface area contributed by atoms with Crippen LogP contribution in [0.2, 0.25) is 0 Å². The zero-order valence-corrected chi connectivity index (χ0v) is 17.7. The largest absolute Gasteiger partial charge is 0.498 e. The van der Waals surface area contributed by atoms with Crippen LogP contribution in [0.1, 0.15) is 54.0 Å². The van der Waals surface area contributed by atoms with E-state index in [1.165, 1.54) is 0 Å². The van der Waals surface area contributed by atoms with E-state index in [9.17, 15) is 10.1 Å². The predicted octanol–water partition coefficient (Wildman–Crippen LogP) is 2.76. The summed E-state index contributed by atoms with van der Waals surface area (Å²) in [6.45, 7) is 13.8. The lowest BCUT2D eigenvalue weighted by Crippen LogP contribution is -2.41. The van der Waals surface area contributed by atoms with Gasteiger partial charge < -0.3 is 24.1 Å². The first-order valence-electron chi connectivity index (χ1n) is 9.34. The molecular weight excluding hydrogens is 359 g/mol. The van der Waals surface area contributed by atoms with Crippen LogP contribution in [0.3, 0.4) is 0 Å². The van der Waals surface area contributed by atoms with Gasteiger partial charge in [-0.25, -0.2) is 4.79 Å². The molecule has 1 aromatic carbocycles. The monoisotopic (exact) mass is 388 g/mol. The molecule has 1 heterocycles. The van der Waals surface area contributed by atoms with Gasteiger partial charge in [0.25, 0.3) is 0 Å². The van der Waals surface area contributed by atoms with Gasteiger partial charge >= 0.3 is 13.2 Å². The van der Waals surface area contributed by atoms with Crippen molar-refractivity contribution in [2.45, 2.75) is 65.3 Å². The quantitative estimate of drug-likeness (QED) is 0.616. The van der Waals surface area contributed by atoms with Gasteiger partial charge in [-0.2, -0.15) is 5.26 Å². The number of nitriles is 1. The molecule has 1 aromatic rings. The van der Waals surface area contributed by atoms with E-state index >= 15 is 0 Å². The molecule has 1 amide bonds. The molecule has 0 aliphatic carbocycles. The number of hydrogen-bond donors (Lipinski definition) is 1. The highest BCUT2D eigenvalue weighted by atomic mass is 16.7. The molecule has 0 unspecified atom stereocenters. The topological polar surface area (TPSA) is 89.8 Å². The number of ether oxygens (including phenoxy) is 2. The van der Waals surface area contributed by atoms with Gasteiger partial charge in [-0.1, -0.05) is 6.07 Å². The average molecular weight is 388 g/mol. The van der Waals surface area contributed by atoms with E-state index in [1.54, 1.807) is 39.0 Å². The Balaban J connectivity index is 2.06. The molecule has 0 atom stereocenters. The number of alkyl carbamates (subject to hydrolysis) is 1. The molecule has 1 aliphatic heterocycles. The maximum absolute atomic E-state index is 11.7. The number of hydrogen-bond acceptors (Lipinski definition) is 6. The first-order valence-corrected chi connectivity index (χ1v) is 9.34. The molecule has 2 rings (SSSR count). The zero-order valence-electron chi connectivity index (χ0n) is 17.7. The average Bonchev–Trinajstić information content (AvgIpc) is 2.77. The van der Waals surface area contributed by atoms with Crippen LogP contribution in [0, 0.1) is 11.3 Å². The third-order valence-corrected chi connectivity index (χ3v) is 4.68. The molecule has 152 valence electrons. The summed E-state index contributed by atoms with van der Waals surface area (Å²) in [5.74, 6) is 0.489. The summed E-state index contributed by atoms with van der Waals surface area (Å²) >= 11 is 0. The maximum atomic E-state index is 11.7. The Morgan fingerprint density at radius 3 is 2.36 bits per heavy atom. The van der Waals surface area contributed by atoms with Crippen molar-refractivity contribution in [3.05, 3.63) is 23.8 Å². The maximum Gasteiger partial charge on any atom is 0.498 e. The van der Waals surface area contributed by atoms with Gasteiger partial charge in [0.15, 0.2) is 0 Å². The van der Waals surface area contributed by atoms with Crippen molar-refractivity contribution < 1.29 is 23.6 Å². The Hall–Kier alpha value is -2.24. The second kappa shape index (κ2) is 8.02. The van der Waals surface area contributed by atoms with Crippen molar-refractivity contribution in [1.29, 1.82) is 5.26 Å². The van der Waals surface area contributed by atoms with E-state index in [2.05, 4.69) is 11.4 Å². The molecule has 0 radical (unpaired) electrons. The third-order valence-electron chi connectivity index (χ3n) is 4.68. The summed E-state index contributed by atoms with van der Waals surface area (Å²) in [5.41, 5.74) is -0.358. The molecule has 1 aliphatic rings. The van der Waals surface area contributed by atoms with E-state index in [4.69, 9.17) is 18.8 Å². The Morgan fingerprint density at radius 1 is 1.21 bits per heavy atom. The minimum atomic E-state index is -0.605. The molecule has 0 aromatic heterocycles. The molecule has 28 heavy (non-hydrogen) atoms. The van der Waals surface area contributed by atoms with Crippen LogP contribution in [-0.2, 0) is 14.0 Å². The van der Waals surface area contributed by atoms with E-state index in [0.29, 0.717) is 16.8 Å². The molecule has 7 nitrogen and oxygen atoms in total. The lowest BCUT2D eigenvalue weighted by molar-refractivity contribution is 0.00578. The summed E-state index contributed by atoms with van der Waals surface area (Å²) in [7, 11) is -0.605. The Morgan fingerprint density at radius 2 is 1.82 bits per heavy atom. The molecule has 1 saturated heterocycles. The van der Waals surface area contributed by atoms with Crippen LogP contribution in [0.25, 0.3) is 0 Å². The fourth-order valence-electron chi connectivity index (χ4n) is 2.52. The highest BCUT2D eigenvalue weighted by molar-refractivity contribution is 6.63. The van der Waals surface area contributed by atoms with Crippen LogP contribution >= 0.6 is 0 Å². The van der Waals surface area contributed by atoms with Gasteiger partial charge in [0.1, 0.15) is 18.0 Å². The van der Waals surface area contributed by atoms with Crippen LogP contribution in [0.4, 0.5) is 4.79 Å². The summed E-state index contributed by atoms with van der Waals surface area (Å²) in [6, 6.07) is 7.22. The highest BCUT2D eigenvalue weighted by Gasteiger charge is 2.52. The molecular formula is C20H29BN2O5. The third kappa shape index (κ3) is 5.40. The summed E-state index contributed by atoms with van der Waals surface area (Å²) in [5, 5.41) is 11.8. The number of carbonyl (C=O) groups excluding carboxylic acids is 1. The van der Waals surface area contributed by atoms with Crippen LogP contribution < -0.4 is 15.5 Å². The Labute approximate surface area is 167 Å².